The Labute approximate surface area is 138 Å². The van der Waals surface area contributed by atoms with Crippen LogP contribution >= 0.6 is 0 Å². The van der Waals surface area contributed by atoms with E-state index >= 15 is 0 Å². The minimum absolute atomic E-state index is 0.114. The highest BCUT2D eigenvalue weighted by Gasteiger charge is 2.25. The summed E-state index contributed by atoms with van der Waals surface area (Å²) in [5.74, 6) is -1.57. The molecule has 2 heterocycles. The average Bonchev–Trinajstić information content (AvgIpc) is 3.12. The highest BCUT2D eigenvalue weighted by molar-refractivity contribution is 6.00. The number of aromatic amines is 1. The molecule has 24 heavy (non-hydrogen) atoms. The Kier molecular flexibility index (Phi) is 5.23. The predicted molar refractivity (Wildman–Crippen MR) is 84.1 cm³/mol. The van der Waals surface area contributed by atoms with E-state index in [-0.39, 0.29) is 17.6 Å². The number of rotatable bonds is 6. The van der Waals surface area contributed by atoms with Crippen LogP contribution in [0.5, 0.6) is 0 Å². The molecule has 0 bridgehead atoms. The van der Waals surface area contributed by atoms with Crippen LogP contribution < -0.4 is 0 Å². The van der Waals surface area contributed by atoms with Crippen LogP contribution in [0.25, 0.3) is 0 Å². The number of H-pyrrole nitrogens is 1. The molecular weight excluding hydrogens is 314 g/mol. The molecule has 2 aromatic heterocycles. The highest BCUT2D eigenvalue weighted by Crippen LogP contribution is 2.20. The van der Waals surface area contributed by atoms with Crippen molar-refractivity contribution < 1.29 is 28.3 Å². The molecule has 0 aliphatic carbocycles. The van der Waals surface area contributed by atoms with Gasteiger partial charge in [0.2, 0.25) is 5.78 Å². The first-order valence-electron chi connectivity index (χ1n) is 7.45. The molecule has 1 N–H and O–H groups in total. The summed E-state index contributed by atoms with van der Waals surface area (Å²) in [7, 11) is 0. The van der Waals surface area contributed by atoms with Crippen LogP contribution in [0, 0.1) is 13.8 Å². The number of esters is 2. The van der Waals surface area contributed by atoms with Gasteiger partial charge in [-0.25, -0.2) is 9.59 Å². The Bertz CT molecular complexity index is 754. The topological polar surface area (TPSA) is 98.6 Å². The number of aromatic nitrogens is 1. The van der Waals surface area contributed by atoms with Gasteiger partial charge in [-0.1, -0.05) is 0 Å². The molecule has 0 radical (unpaired) electrons. The first-order chi connectivity index (χ1) is 11.3. The first-order valence-corrected chi connectivity index (χ1v) is 7.45. The number of Topliss-reactive ketones (excluding diaryl/α,β-unsaturated/α-hetero) is 1. The van der Waals surface area contributed by atoms with E-state index in [4.69, 9.17) is 13.9 Å². The maximum atomic E-state index is 12.2. The van der Waals surface area contributed by atoms with Crippen molar-refractivity contribution >= 4 is 17.7 Å². The Morgan fingerprint density at radius 1 is 1.21 bits per heavy atom. The lowest BCUT2D eigenvalue weighted by molar-refractivity contribution is 0.0376. The van der Waals surface area contributed by atoms with E-state index in [0.717, 1.165) is 0 Å². The number of carbonyl (C=O) groups is 3. The van der Waals surface area contributed by atoms with E-state index < -0.39 is 24.3 Å². The predicted octanol–water partition coefficient (Wildman–Crippen LogP) is 2.83. The number of hydrogen-bond acceptors (Lipinski definition) is 6. The van der Waals surface area contributed by atoms with Gasteiger partial charge in [0.25, 0.3) is 0 Å². The van der Waals surface area contributed by atoms with Crippen molar-refractivity contribution in [3.8, 4) is 0 Å². The van der Waals surface area contributed by atoms with Crippen molar-refractivity contribution in [2.45, 2.75) is 33.8 Å². The number of ketones is 1. The lowest BCUT2D eigenvalue weighted by Crippen LogP contribution is -2.15. The molecule has 0 saturated heterocycles. The SMILES string of the molecule is Cc1[nH]c(C(=O)OCC(=O)c2ccco2)c(C)c1C(=O)OC(C)C. The Morgan fingerprint density at radius 3 is 2.50 bits per heavy atom. The van der Waals surface area contributed by atoms with Crippen molar-refractivity contribution in [1.29, 1.82) is 0 Å². The number of nitrogens with one attached hydrogen (secondary N) is 1. The molecule has 0 amide bonds. The number of aryl methyl sites for hydroxylation is 1. The first kappa shape index (κ1) is 17.5. The Morgan fingerprint density at radius 2 is 1.92 bits per heavy atom. The molecule has 0 aliphatic heterocycles. The third kappa shape index (κ3) is 3.73. The molecule has 128 valence electrons. The number of furan rings is 1. The van der Waals surface area contributed by atoms with Gasteiger partial charge in [0.1, 0.15) is 5.69 Å². The second-order valence-corrected chi connectivity index (χ2v) is 5.56. The second-order valence-electron chi connectivity index (χ2n) is 5.56. The van der Waals surface area contributed by atoms with Crippen LogP contribution in [-0.4, -0.2) is 35.4 Å². The molecule has 2 aromatic rings. The lowest BCUT2D eigenvalue weighted by atomic mass is 10.1. The fourth-order valence-corrected chi connectivity index (χ4v) is 2.24. The lowest BCUT2D eigenvalue weighted by Gasteiger charge is -2.08. The third-order valence-electron chi connectivity index (χ3n) is 3.32. The highest BCUT2D eigenvalue weighted by atomic mass is 16.5. The van der Waals surface area contributed by atoms with E-state index in [9.17, 15) is 14.4 Å². The molecule has 0 saturated carbocycles. The Hall–Kier alpha value is -2.83. The third-order valence-corrected chi connectivity index (χ3v) is 3.32. The smallest absolute Gasteiger partial charge is 0.355 e. The molecule has 2 rings (SSSR count). The van der Waals surface area contributed by atoms with Crippen LogP contribution in [0.1, 0.15) is 56.5 Å². The fourth-order valence-electron chi connectivity index (χ4n) is 2.24. The maximum Gasteiger partial charge on any atom is 0.355 e. The molecule has 7 nitrogen and oxygen atoms in total. The van der Waals surface area contributed by atoms with Crippen molar-refractivity contribution in [2.24, 2.45) is 0 Å². The fraction of sp³-hybridized carbons (Fsp3) is 0.353. The Balaban J connectivity index is 2.10. The van der Waals surface area contributed by atoms with Crippen molar-refractivity contribution in [3.63, 3.8) is 0 Å². The number of carbonyl (C=O) groups excluding carboxylic acids is 3. The summed E-state index contributed by atoms with van der Waals surface area (Å²) < 4.78 is 15.1. The van der Waals surface area contributed by atoms with Crippen LogP contribution in [0.3, 0.4) is 0 Å². The van der Waals surface area contributed by atoms with Gasteiger partial charge in [-0.05, 0) is 45.4 Å². The van der Waals surface area contributed by atoms with Gasteiger partial charge >= 0.3 is 11.9 Å². The van der Waals surface area contributed by atoms with E-state index in [1.165, 1.54) is 12.3 Å². The van der Waals surface area contributed by atoms with Gasteiger partial charge in [-0.2, -0.15) is 0 Å². The van der Waals surface area contributed by atoms with Gasteiger partial charge in [-0.3, -0.25) is 4.79 Å². The zero-order valence-electron chi connectivity index (χ0n) is 14.0. The van der Waals surface area contributed by atoms with Crippen LogP contribution in [0.2, 0.25) is 0 Å². The monoisotopic (exact) mass is 333 g/mol. The van der Waals surface area contributed by atoms with Crippen molar-refractivity contribution in [3.05, 3.63) is 46.7 Å². The van der Waals surface area contributed by atoms with Gasteiger partial charge < -0.3 is 18.9 Å². The van der Waals surface area contributed by atoms with E-state index in [1.54, 1.807) is 33.8 Å². The zero-order chi connectivity index (χ0) is 17.9. The molecule has 0 unspecified atom stereocenters. The quantitative estimate of drug-likeness (QED) is 0.644. The summed E-state index contributed by atoms with van der Waals surface area (Å²) in [4.78, 5) is 38.8. The van der Waals surface area contributed by atoms with Gasteiger partial charge in [0.15, 0.2) is 12.4 Å². The standard InChI is InChI=1S/C17H19NO6/c1-9(2)24-16(20)14-10(3)15(18-11(14)4)17(21)23-8-12(19)13-6-5-7-22-13/h5-7,9,18H,8H2,1-4H3. The van der Waals surface area contributed by atoms with Gasteiger partial charge in [-0.15, -0.1) is 0 Å². The van der Waals surface area contributed by atoms with Crippen molar-refractivity contribution in [2.75, 3.05) is 6.61 Å². The molecule has 0 spiro atoms. The molecular formula is C17H19NO6. The molecule has 0 aliphatic rings. The molecule has 7 heteroatoms. The zero-order valence-corrected chi connectivity index (χ0v) is 14.0. The normalized spacial score (nSPS) is 10.7. The summed E-state index contributed by atoms with van der Waals surface area (Å²) in [5.41, 5.74) is 1.35. The van der Waals surface area contributed by atoms with Gasteiger partial charge in [0.05, 0.1) is 17.9 Å². The summed E-state index contributed by atoms with van der Waals surface area (Å²) in [6.07, 6.45) is 1.09. The number of ether oxygens (including phenoxy) is 2. The second kappa shape index (κ2) is 7.16. The average molecular weight is 333 g/mol. The molecule has 0 atom stereocenters. The van der Waals surface area contributed by atoms with Crippen LogP contribution in [-0.2, 0) is 9.47 Å². The largest absolute Gasteiger partial charge is 0.461 e. The van der Waals surface area contributed by atoms with Crippen LogP contribution in [0.15, 0.2) is 22.8 Å². The summed E-state index contributed by atoms with van der Waals surface area (Å²) >= 11 is 0. The number of hydrogen-bond donors (Lipinski definition) is 1. The van der Waals surface area contributed by atoms with E-state index in [1.807, 2.05) is 0 Å². The molecule has 0 fully saturated rings. The molecule has 0 aromatic carbocycles. The van der Waals surface area contributed by atoms with Crippen LogP contribution in [0.4, 0.5) is 0 Å². The van der Waals surface area contributed by atoms with E-state index in [2.05, 4.69) is 4.98 Å². The minimum Gasteiger partial charge on any atom is -0.461 e. The summed E-state index contributed by atoms with van der Waals surface area (Å²) in [5, 5.41) is 0. The maximum absolute atomic E-state index is 12.2. The summed E-state index contributed by atoms with van der Waals surface area (Å²) in [6, 6.07) is 3.06. The van der Waals surface area contributed by atoms with E-state index in [0.29, 0.717) is 16.8 Å². The summed E-state index contributed by atoms with van der Waals surface area (Å²) in [6.45, 7) is 6.31. The van der Waals surface area contributed by atoms with Gasteiger partial charge in [0, 0.05) is 5.69 Å². The van der Waals surface area contributed by atoms with Crippen molar-refractivity contribution in [1.82, 2.24) is 4.98 Å². The minimum atomic E-state index is -0.723.